The Labute approximate surface area is 40.5 Å². The quantitative estimate of drug-likeness (QED) is 0.476. The zero-order valence-electron chi connectivity index (χ0n) is 5.15. The van der Waals surface area contributed by atoms with Crippen molar-refractivity contribution in [3.63, 3.8) is 0 Å². The van der Waals surface area contributed by atoms with Gasteiger partial charge in [-0.05, 0) is 6.04 Å². The Morgan fingerprint density at radius 1 is 1.17 bits per heavy atom. The zero-order chi connectivity index (χ0) is 5.58. The van der Waals surface area contributed by atoms with E-state index in [0.29, 0.717) is 6.04 Å². The molecule has 0 atom stereocenters. The molecule has 0 saturated carbocycles. The summed E-state index contributed by atoms with van der Waals surface area (Å²) in [4.78, 5) is 0. The lowest BCUT2D eigenvalue weighted by Gasteiger charge is -1.81. The number of rotatable bonds is 0. The van der Waals surface area contributed by atoms with E-state index in [-0.39, 0.29) is 0 Å². The minimum absolute atomic E-state index is 0.333. The van der Waals surface area contributed by atoms with Crippen molar-refractivity contribution < 1.29 is 0 Å². The fourth-order valence-electron chi connectivity index (χ4n) is 0. The van der Waals surface area contributed by atoms with Crippen molar-refractivity contribution in [2.24, 2.45) is 5.73 Å². The van der Waals surface area contributed by atoms with Gasteiger partial charge in [-0.2, -0.15) is 0 Å². The number of nitrogens with two attached hydrogens (primary N) is 1. The Balaban J connectivity index is 0. The Morgan fingerprint density at radius 2 is 1.17 bits per heavy atom. The molecule has 0 aromatic rings. The van der Waals surface area contributed by atoms with Crippen LogP contribution in [0.15, 0.2) is 0 Å². The van der Waals surface area contributed by atoms with Crippen molar-refractivity contribution in [2.75, 3.05) is 0 Å². The summed E-state index contributed by atoms with van der Waals surface area (Å²) in [6.07, 6.45) is 0. The molecule has 0 bridgehead atoms. The van der Waals surface area contributed by atoms with Gasteiger partial charge in [0.1, 0.15) is 0 Å². The van der Waals surface area contributed by atoms with E-state index in [4.69, 9.17) is 5.73 Å². The molecular weight excluding hydrogens is 74.1 g/mol. The standard InChI is InChI=1S/C3H9N.C2H6/c1-3(2)4;1-2/h3H,4H2,1-2H3;1-2H3. The average molecular weight is 89.2 g/mol. The lowest BCUT2D eigenvalue weighted by molar-refractivity contribution is 0.834. The molecule has 1 heteroatoms. The highest BCUT2D eigenvalue weighted by Gasteiger charge is 1.67. The van der Waals surface area contributed by atoms with Gasteiger partial charge in [0.05, 0.1) is 0 Å². The molecule has 1 nitrogen and oxygen atoms in total. The normalized spacial score (nSPS) is 7.00. The topological polar surface area (TPSA) is 26.0 Å². The Hall–Kier alpha value is -0.0400. The lowest BCUT2D eigenvalue weighted by atomic mass is 10.5. The first kappa shape index (κ1) is 9.35. The Kier molecular flexibility index (Phi) is 13.8. The molecule has 0 heterocycles. The summed E-state index contributed by atoms with van der Waals surface area (Å²) in [5, 5.41) is 0. The molecule has 0 aromatic heterocycles. The molecule has 0 aliphatic carbocycles. The summed E-state index contributed by atoms with van der Waals surface area (Å²) in [7, 11) is 0. The monoisotopic (exact) mass is 89.1 g/mol. The van der Waals surface area contributed by atoms with Gasteiger partial charge >= 0.3 is 0 Å². The summed E-state index contributed by atoms with van der Waals surface area (Å²) in [6, 6.07) is 0.333. The fraction of sp³-hybridized carbons (Fsp3) is 1.00. The van der Waals surface area contributed by atoms with Crippen molar-refractivity contribution in [3.05, 3.63) is 0 Å². The van der Waals surface area contributed by atoms with E-state index < -0.39 is 0 Å². The van der Waals surface area contributed by atoms with Gasteiger partial charge in [-0.1, -0.05) is 27.7 Å². The molecule has 0 radical (unpaired) electrons. The van der Waals surface area contributed by atoms with E-state index in [1.54, 1.807) is 0 Å². The minimum Gasteiger partial charge on any atom is -0.328 e. The predicted octanol–water partition coefficient (Wildman–Crippen LogP) is 1.38. The van der Waals surface area contributed by atoms with Crippen LogP contribution in [0.4, 0.5) is 0 Å². The van der Waals surface area contributed by atoms with Crippen molar-refractivity contribution in [3.8, 4) is 0 Å². The van der Waals surface area contributed by atoms with Crippen LogP contribution in [-0.4, -0.2) is 6.04 Å². The molecule has 40 valence electrons. The Bertz CT molecular complexity index is 8.66. The molecule has 0 rings (SSSR count). The summed E-state index contributed by atoms with van der Waals surface area (Å²) in [5.41, 5.74) is 5.11. The van der Waals surface area contributed by atoms with Crippen LogP contribution in [-0.2, 0) is 0 Å². The number of hydrogen-bond acceptors (Lipinski definition) is 1. The van der Waals surface area contributed by atoms with Gasteiger partial charge in [-0.15, -0.1) is 0 Å². The van der Waals surface area contributed by atoms with Crippen molar-refractivity contribution >= 4 is 0 Å². The van der Waals surface area contributed by atoms with Crippen LogP contribution in [0.5, 0.6) is 0 Å². The van der Waals surface area contributed by atoms with Crippen LogP contribution in [0.1, 0.15) is 27.7 Å². The maximum Gasteiger partial charge on any atom is -0.00179 e. The zero-order valence-corrected chi connectivity index (χ0v) is 5.15. The molecule has 0 spiro atoms. The van der Waals surface area contributed by atoms with E-state index in [2.05, 4.69) is 0 Å². The minimum atomic E-state index is 0.333. The van der Waals surface area contributed by atoms with Crippen LogP contribution in [0, 0.1) is 0 Å². The molecule has 0 saturated heterocycles. The van der Waals surface area contributed by atoms with E-state index in [0.717, 1.165) is 0 Å². The van der Waals surface area contributed by atoms with E-state index in [1.165, 1.54) is 0 Å². The molecule has 0 fully saturated rings. The summed E-state index contributed by atoms with van der Waals surface area (Å²) < 4.78 is 0. The molecule has 0 aliphatic rings. The van der Waals surface area contributed by atoms with Gasteiger partial charge in [0.2, 0.25) is 0 Å². The number of hydrogen-bond donors (Lipinski definition) is 1. The molecule has 6 heavy (non-hydrogen) atoms. The first-order valence-corrected chi connectivity index (χ1v) is 2.49. The van der Waals surface area contributed by atoms with Gasteiger partial charge in [0.15, 0.2) is 0 Å². The Morgan fingerprint density at radius 3 is 1.17 bits per heavy atom. The molecule has 0 amide bonds. The highest BCUT2D eigenvalue weighted by Crippen LogP contribution is 1.58. The van der Waals surface area contributed by atoms with Crippen molar-refractivity contribution in [1.29, 1.82) is 0 Å². The molecule has 0 unspecified atom stereocenters. The van der Waals surface area contributed by atoms with E-state index >= 15 is 0 Å². The smallest absolute Gasteiger partial charge is 0.00179 e. The van der Waals surface area contributed by atoms with E-state index in [9.17, 15) is 0 Å². The largest absolute Gasteiger partial charge is 0.328 e. The van der Waals surface area contributed by atoms with Gasteiger partial charge in [0, 0.05) is 0 Å². The molecule has 0 aliphatic heterocycles. The maximum absolute atomic E-state index is 5.11. The van der Waals surface area contributed by atoms with Crippen LogP contribution in [0.2, 0.25) is 0 Å². The second kappa shape index (κ2) is 8.88. The van der Waals surface area contributed by atoms with Crippen LogP contribution < -0.4 is 5.73 Å². The highest BCUT2D eigenvalue weighted by atomic mass is 14.6. The first-order chi connectivity index (χ1) is 2.73. The molecule has 2 N–H and O–H groups in total. The van der Waals surface area contributed by atoms with Gasteiger partial charge < -0.3 is 5.73 Å². The van der Waals surface area contributed by atoms with Gasteiger partial charge in [-0.25, -0.2) is 0 Å². The fourth-order valence-corrected chi connectivity index (χ4v) is 0. The highest BCUT2D eigenvalue weighted by molar-refractivity contribution is 4.32. The van der Waals surface area contributed by atoms with E-state index in [1.807, 2.05) is 27.7 Å². The predicted molar refractivity (Wildman–Crippen MR) is 30.7 cm³/mol. The third-order valence-corrected chi connectivity index (χ3v) is 0. The summed E-state index contributed by atoms with van der Waals surface area (Å²) in [5.74, 6) is 0. The third-order valence-electron chi connectivity index (χ3n) is 0. The van der Waals surface area contributed by atoms with Crippen LogP contribution in [0.3, 0.4) is 0 Å². The van der Waals surface area contributed by atoms with Gasteiger partial charge in [0.25, 0.3) is 0 Å². The molecular formula is C5H15N. The molecule has 0 aromatic carbocycles. The first-order valence-electron chi connectivity index (χ1n) is 2.49. The second-order valence-electron chi connectivity index (χ2n) is 1.24. The lowest BCUT2D eigenvalue weighted by Crippen LogP contribution is -2.06. The third kappa shape index (κ3) is 21700. The maximum atomic E-state index is 5.11. The van der Waals surface area contributed by atoms with Crippen LogP contribution >= 0.6 is 0 Å². The average Bonchev–Trinajstić information content (AvgIpc) is 1.41. The van der Waals surface area contributed by atoms with Crippen molar-refractivity contribution in [2.45, 2.75) is 33.7 Å². The van der Waals surface area contributed by atoms with Gasteiger partial charge in [-0.3, -0.25) is 0 Å². The summed E-state index contributed by atoms with van der Waals surface area (Å²) in [6.45, 7) is 7.89. The second-order valence-corrected chi connectivity index (χ2v) is 1.24. The van der Waals surface area contributed by atoms with Crippen molar-refractivity contribution in [1.82, 2.24) is 0 Å². The van der Waals surface area contributed by atoms with Crippen LogP contribution in [0.25, 0.3) is 0 Å². The summed E-state index contributed by atoms with van der Waals surface area (Å²) >= 11 is 0. The SMILES string of the molecule is CC.CC(C)N.